The molecule has 1 atom stereocenters. The van der Waals surface area contributed by atoms with Gasteiger partial charge in [-0.05, 0) is 42.4 Å². The van der Waals surface area contributed by atoms with Crippen LogP contribution in [-0.2, 0) is 22.4 Å². The molecule has 0 bridgehead atoms. The largest absolute Gasteiger partial charge is 0.493 e. The van der Waals surface area contributed by atoms with E-state index in [-0.39, 0.29) is 24.2 Å². The maximum Gasteiger partial charge on any atom is 0.237 e. The van der Waals surface area contributed by atoms with Gasteiger partial charge in [-0.25, -0.2) is 0 Å². The van der Waals surface area contributed by atoms with Crippen LogP contribution in [0.25, 0.3) is 0 Å². The Labute approximate surface area is 143 Å². The van der Waals surface area contributed by atoms with E-state index >= 15 is 0 Å². The van der Waals surface area contributed by atoms with Gasteiger partial charge in [-0.2, -0.15) is 0 Å². The van der Waals surface area contributed by atoms with E-state index in [9.17, 15) is 4.79 Å². The van der Waals surface area contributed by atoms with Crippen LogP contribution in [0, 0.1) is 5.92 Å². The average molecular weight is 341 g/mol. The molecule has 0 radical (unpaired) electrons. The van der Waals surface area contributed by atoms with E-state index in [4.69, 9.17) is 15.2 Å². The molecule has 2 aliphatic rings. The smallest absolute Gasteiger partial charge is 0.237 e. The lowest BCUT2D eigenvalue weighted by Gasteiger charge is -2.26. The molecule has 23 heavy (non-hydrogen) atoms. The molecule has 0 spiro atoms. The number of hydrogen-bond acceptors (Lipinski definition) is 4. The van der Waals surface area contributed by atoms with Gasteiger partial charge in [0, 0.05) is 26.2 Å². The van der Waals surface area contributed by atoms with Crippen LogP contribution in [-0.4, -0.2) is 38.3 Å². The van der Waals surface area contributed by atoms with Gasteiger partial charge in [-0.3, -0.25) is 4.79 Å². The maximum absolute atomic E-state index is 12.1. The van der Waals surface area contributed by atoms with Crippen LogP contribution in [0.15, 0.2) is 18.2 Å². The molecule has 0 saturated carbocycles. The minimum Gasteiger partial charge on any atom is -0.493 e. The standard InChI is InChI=1S/C17H24N2O3.ClH/c18-16(13-4-8-21-9-5-13)17(20)19-7-3-12-1-2-15-14(11-12)6-10-22-15;/h1-2,11,13,16H,3-10,18H2,(H,19,20);1H. The van der Waals surface area contributed by atoms with Crippen LogP contribution >= 0.6 is 12.4 Å². The molecule has 1 fully saturated rings. The normalized spacial score (nSPS) is 18.5. The predicted molar refractivity (Wildman–Crippen MR) is 91.1 cm³/mol. The van der Waals surface area contributed by atoms with E-state index in [1.165, 1.54) is 11.1 Å². The van der Waals surface area contributed by atoms with E-state index in [1.807, 2.05) is 6.07 Å². The molecule has 2 heterocycles. The zero-order valence-electron chi connectivity index (χ0n) is 13.3. The van der Waals surface area contributed by atoms with Crippen molar-refractivity contribution >= 4 is 18.3 Å². The van der Waals surface area contributed by atoms with Gasteiger partial charge in [0.15, 0.2) is 0 Å². The molecule has 3 rings (SSSR count). The molecular formula is C17H25ClN2O3. The number of amides is 1. The maximum atomic E-state index is 12.1. The van der Waals surface area contributed by atoms with E-state index in [0.29, 0.717) is 19.8 Å². The Kier molecular flexibility index (Phi) is 6.69. The van der Waals surface area contributed by atoms with Crippen LogP contribution in [0.2, 0.25) is 0 Å². The fourth-order valence-electron chi connectivity index (χ4n) is 3.13. The highest BCUT2D eigenvalue weighted by atomic mass is 35.5. The monoisotopic (exact) mass is 340 g/mol. The molecule has 2 aliphatic heterocycles. The lowest BCUT2D eigenvalue weighted by atomic mass is 9.92. The minimum absolute atomic E-state index is 0. The van der Waals surface area contributed by atoms with Gasteiger partial charge >= 0.3 is 0 Å². The number of nitrogens with one attached hydrogen (secondary N) is 1. The zero-order valence-corrected chi connectivity index (χ0v) is 14.1. The second kappa shape index (κ2) is 8.52. The van der Waals surface area contributed by atoms with E-state index < -0.39 is 6.04 Å². The molecule has 3 N–H and O–H groups in total. The van der Waals surface area contributed by atoms with Gasteiger partial charge in [0.1, 0.15) is 5.75 Å². The van der Waals surface area contributed by atoms with Crippen LogP contribution in [0.4, 0.5) is 0 Å². The molecule has 1 amide bonds. The molecule has 1 aromatic rings. The minimum atomic E-state index is -0.419. The summed E-state index contributed by atoms with van der Waals surface area (Å²) >= 11 is 0. The van der Waals surface area contributed by atoms with E-state index in [1.54, 1.807) is 0 Å². The van der Waals surface area contributed by atoms with E-state index in [0.717, 1.165) is 38.0 Å². The van der Waals surface area contributed by atoms with Crippen molar-refractivity contribution in [2.45, 2.75) is 31.7 Å². The van der Waals surface area contributed by atoms with Crippen molar-refractivity contribution in [2.75, 3.05) is 26.4 Å². The third-order valence-corrected chi connectivity index (χ3v) is 4.54. The first-order valence-corrected chi connectivity index (χ1v) is 8.09. The molecule has 1 unspecified atom stereocenters. The Morgan fingerprint density at radius 1 is 1.30 bits per heavy atom. The molecule has 5 nitrogen and oxygen atoms in total. The average Bonchev–Trinajstić information content (AvgIpc) is 3.02. The highest BCUT2D eigenvalue weighted by molar-refractivity contribution is 5.85. The lowest BCUT2D eigenvalue weighted by molar-refractivity contribution is -0.124. The fourth-order valence-corrected chi connectivity index (χ4v) is 3.13. The summed E-state index contributed by atoms with van der Waals surface area (Å²) in [5.41, 5.74) is 8.55. The third-order valence-electron chi connectivity index (χ3n) is 4.54. The number of carbonyl (C=O) groups is 1. The zero-order chi connectivity index (χ0) is 15.4. The fraction of sp³-hybridized carbons (Fsp3) is 0.588. The van der Waals surface area contributed by atoms with Crippen molar-refractivity contribution in [3.05, 3.63) is 29.3 Å². The molecule has 6 heteroatoms. The Bertz CT molecular complexity index is 533. The summed E-state index contributed by atoms with van der Waals surface area (Å²) in [5, 5.41) is 2.96. The Balaban J connectivity index is 0.00000192. The van der Waals surface area contributed by atoms with Crippen LogP contribution in [0.3, 0.4) is 0 Å². The molecule has 128 valence electrons. The number of fused-ring (bicyclic) bond motifs is 1. The molecule has 1 aromatic carbocycles. The topological polar surface area (TPSA) is 73.6 Å². The number of ether oxygens (including phenoxy) is 2. The summed E-state index contributed by atoms with van der Waals surface area (Å²) < 4.78 is 10.8. The molecule has 1 saturated heterocycles. The van der Waals surface area contributed by atoms with Gasteiger partial charge in [0.05, 0.1) is 12.6 Å². The number of rotatable bonds is 5. The first kappa shape index (κ1) is 18.0. The third kappa shape index (κ3) is 4.59. The molecular weight excluding hydrogens is 316 g/mol. The SMILES string of the molecule is Cl.NC(C(=O)NCCc1ccc2c(c1)CCO2)C1CCOCC1. The van der Waals surface area contributed by atoms with Crippen molar-refractivity contribution in [1.82, 2.24) is 5.32 Å². The quantitative estimate of drug-likeness (QED) is 0.851. The summed E-state index contributed by atoms with van der Waals surface area (Å²) in [6.07, 6.45) is 3.54. The summed E-state index contributed by atoms with van der Waals surface area (Å²) in [6.45, 7) is 2.82. The summed E-state index contributed by atoms with van der Waals surface area (Å²) in [5.74, 6) is 1.19. The van der Waals surface area contributed by atoms with Gasteiger partial charge in [0.2, 0.25) is 5.91 Å². The van der Waals surface area contributed by atoms with Crippen LogP contribution in [0.5, 0.6) is 5.75 Å². The van der Waals surface area contributed by atoms with Crippen LogP contribution in [0.1, 0.15) is 24.0 Å². The Morgan fingerprint density at radius 2 is 2.09 bits per heavy atom. The highest BCUT2D eigenvalue weighted by Gasteiger charge is 2.26. The van der Waals surface area contributed by atoms with Gasteiger partial charge in [0.25, 0.3) is 0 Å². The predicted octanol–water partition coefficient (Wildman–Crippen LogP) is 1.46. The van der Waals surface area contributed by atoms with Gasteiger partial charge in [-0.1, -0.05) is 12.1 Å². The Morgan fingerprint density at radius 3 is 2.87 bits per heavy atom. The van der Waals surface area contributed by atoms with Crippen LogP contribution < -0.4 is 15.8 Å². The summed E-state index contributed by atoms with van der Waals surface area (Å²) in [6, 6.07) is 5.84. The van der Waals surface area contributed by atoms with Crippen molar-refractivity contribution in [3.8, 4) is 5.75 Å². The Hall–Kier alpha value is -1.30. The summed E-state index contributed by atoms with van der Waals surface area (Å²) in [7, 11) is 0. The highest BCUT2D eigenvalue weighted by Crippen LogP contribution is 2.25. The van der Waals surface area contributed by atoms with Crippen molar-refractivity contribution in [2.24, 2.45) is 11.7 Å². The van der Waals surface area contributed by atoms with Crippen molar-refractivity contribution in [1.29, 1.82) is 0 Å². The van der Waals surface area contributed by atoms with Crippen molar-refractivity contribution in [3.63, 3.8) is 0 Å². The molecule has 0 aromatic heterocycles. The second-order valence-corrected chi connectivity index (χ2v) is 6.06. The van der Waals surface area contributed by atoms with Gasteiger partial charge in [-0.15, -0.1) is 12.4 Å². The number of benzene rings is 1. The van der Waals surface area contributed by atoms with Crippen molar-refractivity contribution < 1.29 is 14.3 Å². The first-order chi connectivity index (χ1) is 10.7. The first-order valence-electron chi connectivity index (χ1n) is 8.09. The number of carbonyl (C=O) groups excluding carboxylic acids is 1. The summed E-state index contributed by atoms with van der Waals surface area (Å²) in [4.78, 5) is 12.1. The van der Waals surface area contributed by atoms with E-state index in [2.05, 4.69) is 17.4 Å². The number of nitrogens with two attached hydrogens (primary N) is 1. The number of hydrogen-bond donors (Lipinski definition) is 2. The lowest BCUT2D eigenvalue weighted by Crippen LogP contribution is -2.47. The second-order valence-electron chi connectivity index (χ2n) is 6.06. The van der Waals surface area contributed by atoms with Gasteiger partial charge < -0.3 is 20.5 Å². The molecule has 0 aliphatic carbocycles. The number of halogens is 1.